The minimum Gasteiger partial charge on any atom is -0.324 e. The molecule has 0 unspecified atom stereocenters. The molecular formula is C10H11ClFNS. The Morgan fingerprint density at radius 3 is 3.07 bits per heavy atom. The highest BCUT2D eigenvalue weighted by atomic mass is 35.5. The van der Waals surface area contributed by atoms with Crippen molar-refractivity contribution < 1.29 is 4.39 Å². The quantitative estimate of drug-likeness (QED) is 0.743. The maximum Gasteiger partial charge on any atom is 0.129 e. The highest BCUT2D eigenvalue weighted by Crippen LogP contribution is 2.32. The van der Waals surface area contributed by atoms with Gasteiger partial charge in [-0.05, 0) is 29.9 Å². The van der Waals surface area contributed by atoms with Gasteiger partial charge < -0.3 is 5.73 Å². The number of hydrogen-bond donors (Lipinski definition) is 1. The molecule has 14 heavy (non-hydrogen) atoms. The Balaban J connectivity index is 2.53. The first-order chi connectivity index (χ1) is 6.68. The lowest BCUT2D eigenvalue weighted by molar-refractivity contribution is 0.606. The fourth-order valence-electron chi connectivity index (χ4n) is 1.65. The van der Waals surface area contributed by atoms with Crippen LogP contribution in [0.5, 0.6) is 0 Å². The first-order valence-electron chi connectivity index (χ1n) is 4.49. The Bertz CT molecular complexity index is 356. The third kappa shape index (κ3) is 1.90. The fraction of sp³-hybridized carbons (Fsp3) is 0.400. The van der Waals surface area contributed by atoms with Gasteiger partial charge in [0.2, 0.25) is 0 Å². The topological polar surface area (TPSA) is 26.0 Å². The summed E-state index contributed by atoms with van der Waals surface area (Å²) in [5.74, 6) is 1.45. The molecule has 1 atom stereocenters. The average molecular weight is 232 g/mol. The summed E-state index contributed by atoms with van der Waals surface area (Å²) in [6.45, 7) is 0. The molecule has 0 spiro atoms. The molecule has 1 aliphatic heterocycles. The van der Waals surface area contributed by atoms with Gasteiger partial charge in [0.15, 0.2) is 0 Å². The standard InChI is InChI=1S/C10H11ClFNS/c11-6-3-7-8(9(12)4-6)5-14-2-1-10(7)13/h3-4,10H,1-2,5,13H2/t10-/m0/s1. The van der Waals surface area contributed by atoms with E-state index in [-0.39, 0.29) is 11.9 Å². The Morgan fingerprint density at radius 1 is 1.50 bits per heavy atom. The summed E-state index contributed by atoms with van der Waals surface area (Å²) in [6, 6.07) is 3.07. The molecule has 0 fully saturated rings. The monoisotopic (exact) mass is 231 g/mol. The molecule has 0 bridgehead atoms. The van der Waals surface area contributed by atoms with Crippen LogP contribution in [-0.2, 0) is 5.75 Å². The minimum atomic E-state index is -0.225. The number of rotatable bonds is 0. The van der Waals surface area contributed by atoms with E-state index in [0.29, 0.717) is 10.8 Å². The van der Waals surface area contributed by atoms with Gasteiger partial charge in [0.1, 0.15) is 5.82 Å². The van der Waals surface area contributed by atoms with Crippen LogP contribution in [0.2, 0.25) is 5.02 Å². The highest BCUT2D eigenvalue weighted by molar-refractivity contribution is 7.98. The van der Waals surface area contributed by atoms with Crippen molar-refractivity contribution in [3.63, 3.8) is 0 Å². The lowest BCUT2D eigenvalue weighted by Gasteiger charge is -2.12. The molecule has 76 valence electrons. The van der Waals surface area contributed by atoms with Crippen molar-refractivity contribution in [2.24, 2.45) is 5.73 Å². The lowest BCUT2D eigenvalue weighted by atomic mass is 10.00. The molecule has 0 saturated heterocycles. The van der Waals surface area contributed by atoms with Gasteiger partial charge in [-0.1, -0.05) is 11.6 Å². The van der Waals surface area contributed by atoms with Crippen LogP contribution in [0.15, 0.2) is 12.1 Å². The molecular weight excluding hydrogens is 221 g/mol. The second kappa shape index (κ2) is 4.09. The van der Waals surface area contributed by atoms with Gasteiger partial charge in [-0.2, -0.15) is 11.8 Å². The van der Waals surface area contributed by atoms with Crippen LogP contribution in [0, 0.1) is 5.82 Å². The zero-order valence-corrected chi connectivity index (χ0v) is 9.17. The van der Waals surface area contributed by atoms with Gasteiger partial charge in [0.05, 0.1) is 0 Å². The molecule has 0 aliphatic carbocycles. The summed E-state index contributed by atoms with van der Waals surface area (Å²) in [5.41, 5.74) is 7.55. The zero-order chi connectivity index (χ0) is 10.1. The Kier molecular flexibility index (Phi) is 3.00. The van der Waals surface area contributed by atoms with Crippen molar-refractivity contribution in [1.29, 1.82) is 0 Å². The maximum absolute atomic E-state index is 13.5. The van der Waals surface area contributed by atoms with E-state index in [9.17, 15) is 4.39 Å². The van der Waals surface area contributed by atoms with Crippen molar-refractivity contribution in [3.8, 4) is 0 Å². The van der Waals surface area contributed by atoms with E-state index >= 15 is 0 Å². The summed E-state index contributed by atoms with van der Waals surface area (Å²) in [7, 11) is 0. The molecule has 1 aliphatic rings. The molecule has 0 amide bonds. The molecule has 2 rings (SSSR count). The predicted molar refractivity (Wildman–Crippen MR) is 59.1 cm³/mol. The molecule has 2 N–H and O–H groups in total. The first-order valence-corrected chi connectivity index (χ1v) is 6.03. The molecule has 0 radical (unpaired) electrons. The number of nitrogens with two attached hydrogens (primary N) is 1. The van der Waals surface area contributed by atoms with Crippen molar-refractivity contribution in [3.05, 3.63) is 34.1 Å². The van der Waals surface area contributed by atoms with Gasteiger partial charge in [-0.3, -0.25) is 0 Å². The SMILES string of the molecule is N[C@H]1CCSCc2c(F)cc(Cl)cc21. The second-order valence-corrected chi connectivity index (χ2v) is 4.94. The normalized spacial score (nSPS) is 21.5. The van der Waals surface area contributed by atoms with Crippen LogP contribution in [0.25, 0.3) is 0 Å². The van der Waals surface area contributed by atoms with Gasteiger partial charge >= 0.3 is 0 Å². The van der Waals surface area contributed by atoms with Crippen LogP contribution < -0.4 is 5.73 Å². The third-order valence-corrected chi connectivity index (χ3v) is 3.65. The number of fused-ring (bicyclic) bond motifs is 1. The van der Waals surface area contributed by atoms with Crippen molar-refractivity contribution in [2.75, 3.05) is 5.75 Å². The molecule has 1 aromatic carbocycles. The summed E-state index contributed by atoms with van der Waals surface area (Å²) >= 11 is 7.52. The third-order valence-electron chi connectivity index (χ3n) is 2.41. The smallest absolute Gasteiger partial charge is 0.129 e. The summed E-state index contributed by atoms with van der Waals surface area (Å²) in [6.07, 6.45) is 0.886. The van der Waals surface area contributed by atoms with Crippen LogP contribution in [0.4, 0.5) is 4.39 Å². The van der Waals surface area contributed by atoms with E-state index in [0.717, 1.165) is 23.3 Å². The van der Waals surface area contributed by atoms with E-state index in [4.69, 9.17) is 17.3 Å². The molecule has 1 heterocycles. The Labute approximate surface area is 91.8 Å². The van der Waals surface area contributed by atoms with Crippen LogP contribution in [-0.4, -0.2) is 5.75 Å². The van der Waals surface area contributed by atoms with E-state index in [1.54, 1.807) is 17.8 Å². The van der Waals surface area contributed by atoms with Crippen LogP contribution >= 0.6 is 23.4 Å². The largest absolute Gasteiger partial charge is 0.324 e. The van der Waals surface area contributed by atoms with E-state index < -0.39 is 0 Å². The average Bonchev–Trinajstić information content (AvgIpc) is 2.29. The molecule has 4 heteroatoms. The van der Waals surface area contributed by atoms with Crippen molar-refractivity contribution in [2.45, 2.75) is 18.2 Å². The van der Waals surface area contributed by atoms with Gasteiger partial charge in [0, 0.05) is 22.4 Å². The molecule has 1 aromatic rings. The summed E-state index contributed by atoms with van der Waals surface area (Å²) in [4.78, 5) is 0. The van der Waals surface area contributed by atoms with Crippen LogP contribution in [0.1, 0.15) is 23.6 Å². The molecule has 0 saturated carbocycles. The molecule has 0 aromatic heterocycles. The highest BCUT2D eigenvalue weighted by Gasteiger charge is 2.19. The van der Waals surface area contributed by atoms with E-state index in [1.165, 1.54) is 6.07 Å². The fourth-order valence-corrected chi connectivity index (χ4v) is 2.93. The summed E-state index contributed by atoms with van der Waals surface area (Å²) < 4.78 is 13.5. The first kappa shape index (κ1) is 10.3. The number of thioether (sulfide) groups is 1. The Morgan fingerprint density at radius 2 is 2.29 bits per heavy atom. The Hall–Kier alpha value is -0.250. The van der Waals surface area contributed by atoms with E-state index in [1.807, 2.05) is 0 Å². The number of benzene rings is 1. The van der Waals surface area contributed by atoms with Gasteiger partial charge in [-0.15, -0.1) is 0 Å². The predicted octanol–water partition coefficient (Wildman–Crippen LogP) is 3.12. The molecule has 1 nitrogen and oxygen atoms in total. The minimum absolute atomic E-state index is 0.0757. The van der Waals surface area contributed by atoms with Gasteiger partial charge in [-0.25, -0.2) is 4.39 Å². The lowest BCUT2D eigenvalue weighted by Crippen LogP contribution is -2.12. The second-order valence-electron chi connectivity index (χ2n) is 3.40. The van der Waals surface area contributed by atoms with Crippen LogP contribution in [0.3, 0.4) is 0 Å². The van der Waals surface area contributed by atoms with Crippen molar-refractivity contribution >= 4 is 23.4 Å². The number of hydrogen-bond acceptors (Lipinski definition) is 2. The maximum atomic E-state index is 13.5. The van der Waals surface area contributed by atoms with Crippen molar-refractivity contribution in [1.82, 2.24) is 0 Å². The summed E-state index contributed by atoms with van der Waals surface area (Å²) in [5, 5.41) is 0.434. The van der Waals surface area contributed by atoms with Gasteiger partial charge in [0.25, 0.3) is 0 Å². The zero-order valence-electron chi connectivity index (χ0n) is 7.59. The number of halogens is 2. The van der Waals surface area contributed by atoms with E-state index in [2.05, 4.69) is 0 Å².